The van der Waals surface area contributed by atoms with Crippen LogP contribution < -0.4 is 4.90 Å². The summed E-state index contributed by atoms with van der Waals surface area (Å²) in [4.78, 5) is 27.2. The Morgan fingerprint density at radius 3 is 2.95 bits per heavy atom. The summed E-state index contributed by atoms with van der Waals surface area (Å²) in [5.74, 6) is -1.59. The maximum Gasteiger partial charge on any atom is 0.312 e. The van der Waals surface area contributed by atoms with Crippen molar-refractivity contribution in [2.75, 3.05) is 25.2 Å². The predicted molar refractivity (Wildman–Crippen MR) is 72.7 cm³/mol. The van der Waals surface area contributed by atoms with Crippen LogP contribution in [0.1, 0.15) is 0 Å². The Morgan fingerprint density at radius 2 is 2.35 bits per heavy atom. The Morgan fingerprint density at radius 1 is 1.65 bits per heavy atom. The van der Waals surface area contributed by atoms with Crippen LogP contribution in [-0.2, 0) is 9.53 Å². The SMILES string of the molecule is CN(c1ncc(Br)cc1[N+](=O)[O-])C1COCC1C(=O)O. The number of likely N-dealkylation sites (N-methyl/N-ethyl adjacent to an activating group) is 1. The smallest absolute Gasteiger partial charge is 0.312 e. The van der Waals surface area contributed by atoms with Crippen LogP contribution >= 0.6 is 15.9 Å². The van der Waals surface area contributed by atoms with Crippen LogP contribution in [0.3, 0.4) is 0 Å². The maximum absolute atomic E-state index is 11.2. The summed E-state index contributed by atoms with van der Waals surface area (Å²) in [6, 6.07) is 0.851. The lowest BCUT2D eigenvalue weighted by Crippen LogP contribution is -2.41. The van der Waals surface area contributed by atoms with Crippen molar-refractivity contribution in [3.63, 3.8) is 0 Å². The van der Waals surface area contributed by atoms with Gasteiger partial charge in [0.25, 0.3) is 0 Å². The van der Waals surface area contributed by atoms with Gasteiger partial charge in [0.1, 0.15) is 5.92 Å². The van der Waals surface area contributed by atoms with Gasteiger partial charge in [-0.15, -0.1) is 0 Å². The minimum Gasteiger partial charge on any atom is -0.481 e. The molecule has 1 N–H and O–H groups in total. The molecule has 1 aromatic heterocycles. The van der Waals surface area contributed by atoms with E-state index in [1.807, 2.05) is 0 Å². The summed E-state index contributed by atoms with van der Waals surface area (Å²) in [6.07, 6.45) is 1.43. The molecule has 0 spiro atoms. The quantitative estimate of drug-likeness (QED) is 0.647. The van der Waals surface area contributed by atoms with E-state index in [0.717, 1.165) is 0 Å². The molecule has 2 unspecified atom stereocenters. The van der Waals surface area contributed by atoms with Gasteiger partial charge in [-0.25, -0.2) is 4.98 Å². The molecule has 2 rings (SSSR count). The number of hydrogen-bond acceptors (Lipinski definition) is 6. The van der Waals surface area contributed by atoms with Gasteiger partial charge in [-0.3, -0.25) is 14.9 Å². The van der Waals surface area contributed by atoms with E-state index in [9.17, 15) is 14.9 Å². The number of rotatable bonds is 4. The van der Waals surface area contributed by atoms with Gasteiger partial charge in [0, 0.05) is 23.8 Å². The number of anilines is 1. The molecular formula is C11H12BrN3O5. The average Bonchev–Trinajstić information content (AvgIpc) is 2.87. The van der Waals surface area contributed by atoms with Gasteiger partial charge in [0.2, 0.25) is 5.82 Å². The monoisotopic (exact) mass is 345 g/mol. The number of aliphatic carboxylic acids is 1. The summed E-state index contributed by atoms with van der Waals surface area (Å²) >= 11 is 3.13. The highest BCUT2D eigenvalue weighted by atomic mass is 79.9. The summed E-state index contributed by atoms with van der Waals surface area (Å²) in [5, 5.41) is 20.2. The van der Waals surface area contributed by atoms with Gasteiger partial charge in [-0.2, -0.15) is 0 Å². The van der Waals surface area contributed by atoms with Crippen LogP contribution in [-0.4, -0.2) is 47.3 Å². The van der Waals surface area contributed by atoms with Crippen LogP contribution in [0.5, 0.6) is 0 Å². The third-order valence-electron chi connectivity index (χ3n) is 3.21. The molecular weight excluding hydrogens is 334 g/mol. The standard InChI is InChI=1S/C11H12BrN3O5/c1-14(9-5-20-4-7(9)11(16)17)10-8(15(18)19)2-6(12)3-13-10/h2-3,7,9H,4-5H2,1H3,(H,16,17). The predicted octanol–water partition coefficient (Wildman–Crippen LogP) is 1.29. The molecule has 0 amide bonds. The molecule has 108 valence electrons. The zero-order chi connectivity index (χ0) is 14.9. The van der Waals surface area contributed by atoms with Crippen molar-refractivity contribution in [2.24, 2.45) is 5.92 Å². The number of nitro groups is 1. The number of aromatic nitrogens is 1. The number of carboxylic acid groups (broad SMARTS) is 1. The average molecular weight is 346 g/mol. The number of carbonyl (C=O) groups is 1. The van der Waals surface area contributed by atoms with Crippen molar-refractivity contribution in [1.29, 1.82) is 0 Å². The third kappa shape index (κ3) is 2.73. The molecule has 1 aliphatic heterocycles. The van der Waals surface area contributed by atoms with E-state index in [1.165, 1.54) is 17.2 Å². The van der Waals surface area contributed by atoms with Gasteiger partial charge >= 0.3 is 11.7 Å². The number of ether oxygens (including phenoxy) is 1. The Balaban J connectivity index is 2.36. The van der Waals surface area contributed by atoms with Crippen molar-refractivity contribution >= 4 is 33.4 Å². The van der Waals surface area contributed by atoms with Crippen molar-refractivity contribution in [3.05, 3.63) is 26.9 Å². The second-order valence-electron chi connectivity index (χ2n) is 4.41. The summed E-state index contributed by atoms with van der Waals surface area (Å²) < 4.78 is 5.65. The Hall–Kier alpha value is -1.74. The largest absolute Gasteiger partial charge is 0.481 e. The zero-order valence-electron chi connectivity index (χ0n) is 10.5. The first-order valence-corrected chi connectivity index (χ1v) is 6.54. The third-order valence-corrected chi connectivity index (χ3v) is 3.64. The number of hydrogen-bond donors (Lipinski definition) is 1. The minimum atomic E-state index is -0.987. The highest BCUT2D eigenvalue weighted by molar-refractivity contribution is 9.10. The van der Waals surface area contributed by atoms with Gasteiger partial charge in [-0.1, -0.05) is 0 Å². The van der Waals surface area contributed by atoms with Crippen LogP contribution in [0.25, 0.3) is 0 Å². The fraction of sp³-hybridized carbons (Fsp3) is 0.455. The van der Waals surface area contributed by atoms with E-state index in [-0.39, 0.29) is 24.7 Å². The van der Waals surface area contributed by atoms with E-state index >= 15 is 0 Å². The highest BCUT2D eigenvalue weighted by Crippen LogP contribution is 2.31. The molecule has 0 aliphatic carbocycles. The molecule has 1 saturated heterocycles. The first-order chi connectivity index (χ1) is 9.41. The van der Waals surface area contributed by atoms with Crippen molar-refractivity contribution in [2.45, 2.75) is 6.04 Å². The lowest BCUT2D eigenvalue weighted by Gasteiger charge is -2.26. The van der Waals surface area contributed by atoms with Crippen LogP contribution in [0.4, 0.5) is 11.5 Å². The first kappa shape index (κ1) is 14.7. The molecule has 8 nitrogen and oxygen atoms in total. The van der Waals surface area contributed by atoms with Gasteiger partial charge < -0.3 is 14.7 Å². The van der Waals surface area contributed by atoms with Crippen molar-refractivity contribution < 1.29 is 19.6 Å². The number of nitrogens with zero attached hydrogens (tertiary/aromatic N) is 3. The normalized spacial score (nSPS) is 21.7. The summed E-state index contributed by atoms with van der Waals surface area (Å²) in [7, 11) is 1.58. The zero-order valence-corrected chi connectivity index (χ0v) is 12.1. The van der Waals surface area contributed by atoms with Crippen molar-refractivity contribution in [3.8, 4) is 0 Å². The number of carboxylic acids is 1. The lowest BCUT2D eigenvalue weighted by atomic mass is 10.0. The van der Waals surface area contributed by atoms with Crippen LogP contribution in [0.2, 0.25) is 0 Å². The fourth-order valence-corrected chi connectivity index (χ4v) is 2.46. The van der Waals surface area contributed by atoms with Crippen LogP contribution in [0.15, 0.2) is 16.7 Å². The van der Waals surface area contributed by atoms with E-state index in [4.69, 9.17) is 9.84 Å². The Bertz CT molecular complexity index is 553. The van der Waals surface area contributed by atoms with Crippen LogP contribution in [0, 0.1) is 16.0 Å². The van der Waals surface area contributed by atoms with E-state index in [0.29, 0.717) is 4.47 Å². The molecule has 0 radical (unpaired) electrons. The fourth-order valence-electron chi connectivity index (χ4n) is 2.15. The van der Waals surface area contributed by atoms with E-state index in [2.05, 4.69) is 20.9 Å². The Labute approximate surface area is 122 Å². The van der Waals surface area contributed by atoms with Crippen molar-refractivity contribution in [1.82, 2.24) is 4.98 Å². The Kier molecular flexibility index (Phi) is 4.19. The van der Waals surface area contributed by atoms with Gasteiger partial charge in [0.15, 0.2) is 0 Å². The highest BCUT2D eigenvalue weighted by Gasteiger charge is 2.39. The van der Waals surface area contributed by atoms with Gasteiger partial charge in [0.05, 0.1) is 24.2 Å². The van der Waals surface area contributed by atoms with Gasteiger partial charge in [-0.05, 0) is 15.9 Å². The molecule has 2 atom stereocenters. The summed E-state index contributed by atoms with van der Waals surface area (Å²) in [6.45, 7) is 0.289. The molecule has 1 aliphatic rings. The second-order valence-corrected chi connectivity index (χ2v) is 5.33. The molecule has 0 bridgehead atoms. The molecule has 0 saturated carbocycles. The maximum atomic E-state index is 11.2. The minimum absolute atomic E-state index is 0.0919. The van der Waals surface area contributed by atoms with E-state index < -0.39 is 22.9 Å². The first-order valence-electron chi connectivity index (χ1n) is 5.75. The second kappa shape index (κ2) is 5.71. The summed E-state index contributed by atoms with van der Waals surface area (Å²) in [5.41, 5.74) is -0.182. The molecule has 1 fully saturated rings. The number of halogens is 1. The molecule has 1 aromatic rings. The lowest BCUT2D eigenvalue weighted by molar-refractivity contribution is -0.384. The molecule has 2 heterocycles. The molecule has 0 aromatic carbocycles. The van der Waals surface area contributed by atoms with E-state index in [1.54, 1.807) is 7.05 Å². The molecule has 20 heavy (non-hydrogen) atoms. The topological polar surface area (TPSA) is 106 Å². The molecule has 9 heteroatoms. The number of pyridine rings is 1.